The van der Waals surface area contributed by atoms with Crippen molar-refractivity contribution in [3.8, 4) is 62.1 Å². The van der Waals surface area contributed by atoms with Gasteiger partial charge in [0.15, 0.2) is 0 Å². The molecule has 5 nitrogen and oxygen atoms in total. The first-order valence-electron chi connectivity index (χ1n) is 28.5. The highest BCUT2D eigenvalue weighted by Crippen LogP contribution is 2.42. The topological polar surface area (TPSA) is 35.9 Å². The fourth-order valence-electron chi connectivity index (χ4n) is 10.2. The minimum absolute atomic E-state index is 0.0729. The number of nitrogens with zero attached hydrogens (tertiary/aromatic N) is 4. The summed E-state index contributed by atoms with van der Waals surface area (Å²) in [6, 6.07) is 53.2. The van der Waals surface area contributed by atoms with Crippen LogP contribution >= 0.6 is 0 Å². The smallest absolute Gasteiger partial charge is 0.269 e. The molecule has 0 aliphatic carbocycles. The van der Waals surface area contributed by atoms with Crippen LogP contribution in [0, 0.1) is 6.33 Å². The minimum Gasteiger partial charge on any atom is -0.458 e. The predicted molar refractivity (Wildman–Crippen MR) is 313 cm³/mol. The van der Waals surface area contributed by atoms with Gasteiger partial charge in [0.2, 0.25) is 0 Å². The molecule has 0 atom stereocenters. The average Bonchev–Trinajstić information content (AvgIpc) is 4.19. The molecule has 0 N–H and O–H groups in total. The van der Waals surface area contributed by atoms with Crippen LogP contribution < -0.4 is 9.30 Å². The van der Waals surface area contributed by atoms with E-state index < -0.39 is 6.04 Å². The summed E-state index contributed by atoms with van der Waals surface area (Å²) in [6.45, 7) is 26.9. The van der Waals surface area contributed by atoms with E-state index in [0.717, 1.165) is 66.8 Å². The maximum Gasteiger partial charge on any atom is 0.269 e. The van der Waals surface area contributed by atoms with Crippen LogP contribution in [0.25, 0.3) is 83.4 Å². The number of fused-ring (bicyclic) bond motifs is 4. The van der Waals surface area contributed by atoms with E-state index in [9.17, 15) is 0 Å². The Morgan fingerprint density at radius 3 is 1.72 bits per heavy atom. The van der Waals surface area contributed by atoms with Gasteiger partial charge in [-0.25, -0.2) is 4.98 Å². The number of rotatable bonds is 8. The summed E-state index contributed by atoms with van der Waals surface area (Å²) in [5.74, 6) is 2.07. The van der Waals surface area contributed by atoms with E-state index in [1.807, 2.05) is 59.3 Å². The van der Waals surface area contributed by atoms with Gasteiger partial charge in [0.25, 0.3) is 6.33 Å². The van der Waals surface area contributed by atoms with Gasteiger partial charge in [0, 0.05) is 23.0 Å². The lowest BCUT2D eigenvalue weighted by Crippen LogP contribution is -2.32. The lowest BCUT2D eigenvalue weighted by molar-refractivity contribution is -0.571. The zero-order valence-electron chi connectivity index (χ0n) is 50.3. The molecule has 8 aromatic carbocycles. The first-order valence-corrected chi connectivity index (χ1v) is 26.0. The Labute approximate surface area is 450 Å². The van der Waals surface area contributed by atoms with Crippen LogP contribution in [-0.2, 0) is 21.7 Å². The maximum absolute atomic E-state index is 9.08. The highest BCUT2D eigenvalue weighted by molar-refractivity contribution is 6.09. The molecule has 3 heterocycles. The van der Waals surface area contributed by atoms with Crippen LogP contribution in [0.2, 0.25) is 0 Å². The van der Waals surface area contributed by atoms with E-state index >= 15 is 0 Å². The van der Waals surface area contributed by atoms with Crippen molar-refractivity contribution in [1.29, 1.82) is 0 Å². The van der Waals surface area contributed by atoms with E-state index in [1.54, 1.807) is 0 Å². The van der Waals surface area contributed by atoms with E-state index in [-0.39, 0.29) is 51.4 Å². The molecule has 0 bridgehead atoms. The Bertz CT molecular complexity index is 4160. The number of benzene rings is 8. The van der Waals surface area contributed by atoms with Crippen LogP contribution in [0.4, 0.5) is 0 Å². The fraction of sp³-hybridized carbons (Fsp3) is 0.229. The summed E-state index contributed by atoms with van der Waals surface area (Å²) in [6.07, 6.45) is 5.76. The van der Waals surface area contributed by atoms with Gasteiger partial charge in [0.05, 0.1) is 40.3 Å². The molecule has 75 heavy (non-hydrogen) atoms. The zero-order chi connectivity index (χ0) is 57.0. The normalized spacial score (nSPS) is 13.5. The lowest BCUT2D eigenvalue weighted by Gasteiger charge is -2.27. The molecule has 3 aromatic heterocycles. The van der Waals surface area contributed by atoms with Crippen LogP contribution in [-0.4, -0.2) is 14.1 Å². The van der Waals surface area contributed by atoms with Crippen LogP contribution in [0.15, 0.2) is 194 Å². The molecule has 0 saturated heterocycles. The molecule has 374 valence electrons. The molecule has 11 rings (SSSR count). The second-order valence-corrected chi connectivity index (χ2v) is 24.1. The number of hydrogen-bond acceptors (Lipinski definition) is 2. The Morgan fingerprint density at radius 1 is 0.467 bits per heavy atom. The fourth-order valence-corrected chi connectivity index (χ4v) is 10.2. The van der Waals surface area contributed by atoms with Gasteiger partial charge in [0.1, 0.15) is 17.3 Å². The third-order valence-electron chi connectivity index (χ3n) is 14.5. The summed E-state index contributed by atoms with van der Waals surface area (Å²) in [5.41, 5.74) is 14.2. The number of para-hydroxylation sites is 1. The van der Waals surface area contributed by atoms with Gasteiger partial charge in [-0.15, -0.1) is 0 Å². The van der Waals surface area contributed by atoms with Gasteiger partial charge in [-0.3, -0.25) is 13.7 Å². The second kappa shape index (κ2) is 18.4. The third-order valence-corrected chi connectivity index (χ3v) is 14.5. The van der Waals surface area contributed by atoms with Crippen molar-refractivity contribution in [2.45, 2.75) is 105 Å². The first kappa shape index (κ1) is 43.4. The molecule has 0 radical (unpaired) electrons. The van der Waals surface area contributed by atoms with Crippen LogP contribution in [0.3, 0.4) is 0 Å². The molecule has 0 spiro atoms. The molecule has 0 aliphatic heterocycles. The first-order chi connectivity index (χ1) is 37.8. The van der Waals surface area contributed by atoms with Crippen molar-refractivity contribution in [2.75, 3.05) is 0 Å². The van der Waals surface area contributed by atoms with E-state index in [2.05, 4.69) is 208 Å². The Kier molecular flexibility index (Phi) is 10.7. The lowest BCUT2D eigenvalue weighted by atomic mass is 9.80. The molecular weight excluding hydrogens is 913 g/mol. The van der Waals surface area contributed by atoms with Crippen molar-refractivity contribution >= 4 is 32.8 Å². The average molecular weight is 986 g/mol. The summed E-state index contributed by atoms with van der Waals surface area (Å²) >= 11 is 0. The second-order valence-electron chi connectivity index (χ2n) is 24.1. The van der Waals surface area contributed by atoms with Gasteiger partial charge in [-0.2, -0.15) is 0 Å². The minimum atomic E-state index is -0.437. The number of pyridine rings is 1. The van der Waals surface area contributed by atoms with E-state index in [4.69, 9.17) is 16.6 Å². The molecular formula is C70H68N4O. The van der Waals surface area contributed by atoms with Crippen molar-refractivity contribution < 1.29 is 16.2 Å². The van der Waals surface area contributed by atoms with Gasteiger partial charge < -0.3 is 4.74 Å². The van der Waals surface area contributed by atoms with Gasteiger partial charge >= 0.3 is 0 Å². The van der Waals surface area contributed by atoms with Crippen molar-refractivity contribution in [3.05, 3.63) is 223 Å². The number of aromatic nitrogens is 4. The third kappa shape index (κ3) is 9.46. The number of hydrogen-bond donors (Lipinski definition) is 0. The number of ether oxygens (including phenoxy) is 1. The Hall–Kier alpha value is -8.02. The largest absolute Gasteiger partial charge is 0.458 e. The zero-order valence-corrected chi connectivity index (χ0v) is 45.3. The molecule has 5 heteroatoms. The maximum atomic E-state index is 9.08. The van der Waals surface area contributed by atoms with Gasteiger partial charge in [-0.1, -0.05) is 210 Å². The SMILES string of the molecule is [2H]c1c([2H])c([2H])c(-c2ccc3c(c2)n(-c2cccc(Oc4ccc5c6ccccc6n(-c6cc(C(C)(C)C)ccn6)c5c4)c2)[c-][n+]3-c2c(-c3cccc(C(C)(C)C)c3)cc(C(C)(C)C)cc2-c2cccc(C(C)(C)C)c2)c([2H])c1[2H]. The summed E-state index contributed by atoms with van der Waals surface area (Å²) < 4.78 is 57.1. The predicted octanol–water partition coefficient (Wildman–Crippen LogP) is 18.2. The summed E-state index contributed by atoms with van der Waals surface area (Å²) in [4.78, 5) is 4.90. The van der Waals surface area contributed by atoms with Crippen molar-refractivity contribution in [3.63, 3.8) is 0 Å². The van der Waals surface area contributed by atoms with Crippen molar-refractivity contribution in [1.82, 2.24) is 14.1 Å². The van der Waals surface area contributed by atoms with E-state index in [1.165, 1.54) is 22.3 Å². The molecule has 11 aromatic rings. The van der Waals surface area contributed by atoms with Crippen molar-refractivity contribution in [2.24, 2.45) is 0 Å². The standard InChI is InChI=1S/C70H68N4O/c1-67(2,3)50-25-18-23-48(37-50)59-40-53(70(10,11)12)41-60(49-24-19-26-51(38-49)68(4,5)6)66(59)73-45-72(64-39-47(31-34-62(64)73)46-21-14-13-15-22-46)54-27-20-28-55(43-54)75-56-32-33-58-57-29-16-17-30-61(57)74(63(58)44-56)65-42-52(35-36-71-65)69(7,8)9/h13-44H,1-12H3/i13D,14D,15D,21D,22D. The number of imidazole rings is 1. The van der Waals surface area contributed by atoms with Crippen LogP contribution in [0.1, 0.15) is 112 Å². The van der Waals surface area contributed by atoms with Gasteiger partial charge in [-0.05, 0) is 132 Å². The summed E-state index contributed by atoms with van der Waals surface area (Å²) in [7, 11) is 0. The molecule has 0 amide bonds. The molecule has 0 unspecified atom stereocenters. The molecule has 0 aliphatic rings. The quantitative estimate of drug-likeness (QED) is 0.112. The highest BCUT2D eigenvalue weighted by atomic mass is 16.5. The monoisotopic (exact) mass is 986 g/mol. The Morgan fingerprint density at radius 2 is 1.07 bits per heavy atom. The summed E-state index contributed by atoms with van der Waals surface area (Å²) in [5, 5.41) is 2.20. The molecule has 0 fully saturated rings. The highest BCUT2D eigenvalue weighted by Gasteiger charge is 2.27. The molecule has 0 saturated carbocycles. The Balaban J connectivity index is 1.16. The van der Waals surface area contributed by atoms with Crippen LogP contribution in [0.5, 0.6) is 11.5 Å². The van der Waals surface area contributed by atoms with E-state index in [0.29, 0.717) is 22.6 Å².